The molecule has 2 aromatic rings. The number of unbranched alkanes of at least 4 members (excludes halogenated alkanes) is 8. The van der Waals surface area contributed by atoms with Gasteiger partial charge in [-0.1, -0.05) is 132 Å². The number of aromatic hydroxyl groups is 2. The van der Waals surface area contributed by atoms with E-state index in [0.717, 1.165) is 47.9 Å². The summed E-state index contributed by atoms with van der Waals surface area (Å²) in [6, 6.07) is 8.54. The zero-order valence-electron chi connectivity index (χ0n) is 28.2. The molecule has 0 heterocycles. The first-order chi connectivity index (χ1) is 19.1. The highest BCUT2D eigenvalue weighted by molar-refractivity contribution is 7.81. The highest BCUT2D eigenvalue weighted by Crippen LogP contribution is 2.50. The molecule has 1 atom stereocenters. The average Bonchev–Trinajstić information content (AvgIpc) is 2.85. The Balaban J connectivity index is 2.72. The third-order valence-electron chi connectivity index (χ3n) is 9.07. The first-order valence-corrected chi connectivity index (χ1v) is 17.0. The molecule has 0 aliphatic heterocycles. The molecule has 0 aliphatic carbocycles. The number of aryl methyl sites for hydroxylation is 2. The van der Waals surface area contributed by atoms with E-state index in [4.69, 9.17) is 12.6 Å². The molecule has 0 saturated carbocycles. The molecule has 0 amide bonds. The number of benzene rings is 2. The van der Waals surface area contributed by atoms with Crippen LogP contribution in [0.2, 0.25) is 0 Å². The minimum absolute atomic E-state index is 0.105. The molecule has 0 aromatic heterocycles. The third kappa shape index (κ3) is 8.94. The van der Waals surface area contributed by atoms with E-state index < -0.39 is 0 Å². The van der Waals surface area contributed by atoms with Gasteiger partial charge in [0.05, 0.1) is 0 Å². The van der Waals surface area contributed by atoms with Gasteiger partial charge in [-0.2, -0.15) is 12.6 Å². The van der Waals surface area contributed by atoms with E-state index in [1.165, 1.54) is 62.5 Å². The van der Waals surface area contributed by atoms with Crippen molar-refractivity contribution >= 4 is 12.6 Å². The highest BCUT2D eigenvalue weighted by atomic mass is 32.1. The van der Waals surface area contributed by atoms with Crippen molar-refractivity contribution in [3.63, 3.8) is 0 Å². The van der Waals surface area contributed by atoms with Gasteiger partial charge in [-0.15, -0.1) is 0 Å². The van der Waals surface area contributed by atoms with Gasteiger partial charge in [-0.3, -0.25) is 0 Å². The Kier molecular flexibility index (Phi) is 13.2. The van der Waals surface area contributed by atoms with Crippen LogP contribution in [-0.4, -0.2) is 15.5 Å². The summed E-state index contributed by atoms with van der Waals surface area (Å²) in [7, 11) is 0. The van der Waals surface area contributed by atoms with Gasteiger partial charge in [0.1, 0.15) is 11.5 Å². The molecule has 0 saturated heterocycles. The van der Waals surface area contributed by atoms with E-state index in [0.29, 0.717) is 11.5 Å². The van der Waals surface area contributed by atoms with Gasteiger partial charge in [0.25, 0.3) is 0 Å². The summed E-state index contributed by atoms with van der Waals surface area (Å²) in [5.41, 5.74) is 6.05. The van der Waals surface area contributed by atoms with E-state index in [-0.39, 0.29) is 21.5 Å². The maximum absolute atomic E-state index is 11.1. The van der Waals surface area contributed by atoms with E-state index in [1.54, 1.807) is 0 Å². The topological polar surface area (TPSA) is 40.5 Å². The zero-order valence-corrected chi connectivity index (χ0v) is 29.1. The molecule has 3 heteroatoms. The lowest BCUT2D eigenvalue weighted by Crippen LogP contribution is -2.40. The van der Waals surface area contributed by atoms with Crippen molar-refractivity contribution in [1.82, 2.24) is 0 Å². The van der Waals surface area contributed by atoms with Crippen LogP contribution >= 0.6 is 12.6 Å². The summed E-state index contributed by atoms with van der Waals surface area (Å²) >= 11 is 5.44. The number of hydrogen-bond acceptors (Lipinski definition) is 3. The molecule has 2 nitrogen and oxygen atoms in total. The first kappa shape index (κ1) is 35.6. The minimum atomic E-state index is -0.337. The zero-order chi connectivity index (χ0) is 31.0. The summed E-state index contributed by atoms with van der Waals surface area (Å²) in [6.07, 6.45) is 14.7. The van der Waals surface area contributed by atoms with Crippen molar-refractivity contribution in [3.05, 3.63) is 57.6 Å². The van der Waals surface area contributed by atoms with Crippen LogP contribution in [0.4, 0.5) is 0 Å². The lowest BCUT2D eigenvalue weighted by molar-refractivity contribution is 0.398. The summed E-state index contributed by atoms with van der Waals surface area (Å²) in [5, 5.41) is 22.2. The van der Waals surface area contributed by atoms with Crippen molar-refractivity contribution in [1.29, 1.82) is 0 Å². The van der Waals surface area contributed by atoms with E-state index in [2.05, 4.69) is 81.4 Å². The number of hydrogen-bond donors (Lipinski definition) is 3. The van der Waals surface area contributed by atoms with Gasteiger partial charge in [-0.05, 0) is 83.0 Å². The summed E-state index contributed by atoms with van der Waals surface area (Å²) < 4.78 is 0. The van der Waals surface area contributed by atoms with Crippen LogP contribution in [0.15, 0.2) is 24.3 Å². The van der Waals surface area contributed by atoms with Gasteiger partial charge < -0.3 is 10.2 Å². The monoisotopic (exact) mass is 582 g/mol. The molecule has 0 fully saturated rings. The number of rotatable bonds is 15. The van der Waals surface area contributed by atoms with Crippen LogP contribution in [0.3, 0.4) is 0 Å². The van der Waals surface area contributed by atoms with Crippen molar-refractivity contribution in [3.8, 4) is 11.5 Å². The Bertz CT molecular complexity index is 1030. The van der Waals surface area contributed by atoms with Gasteiger partial charge in [0.15, 0.2) is 0 Å². The lowest BCUT2D eigenvalue weighted by atomic mass is 9.63. The van der Waals surface area contributed by atoms with E-state index in [9.17, 15) is 10.2 Å². The third-order valence-corrected chi connectivity index (χ3v) is 9.77. The molecule has 0 radical (unpaired) electrons. The second kappa shape index (κ2) is 15.2. The van der Waals surface area contributed by atoms with Crippen molar-refractivity contribution in [2.75, 3.05) is 0 Å². The Labute approximate surface area is 259 Å². The quantitative estimate of drug-likeness (QED) is 0.144. The minimum Gasteiger partial charge on any atom is -0.508 e. The Morgan fingerprint density at radius 3 is 1.34 bits per heavy atom. The van der Waals surface area contributed by atoms with Crippen LogP contribution in [0.25, 0.3) is 0 Å². The number of thiol groups is 1. The van der Waals surface area contributed by atoms with Crippen LogP contribution < -0.4 is 0 Å². The van der Waals surface area contributed by atoms with Gasteiger partial charge in [0, 0.05) is 10.7 Å². The molecular formula is C38H62O2S. The SMILES string of the molecule is CCCCCCCCCCCC(c1cc(C(C)(C)C)c(O)cc1C)(c1cc(C(C)(C)C)c(O)cc1C)C(S)CCC. The molecule has 2 N–H and O–H groups in total. The second-order valence-corrected chi connectivity index (χ2v) is 15.3. The molecule has 0 aliphatic rings. The van der Waals surface area contributed by atoms with Crippen LogP contribution in [0.5, 0.6) is 11.5 Å². The van der Waals surface area contributed by atoms with E-state index in [1.807, 2.05) is 12.1 Å². The fourth-order valence-corrected chi connectivity index (χ4v) is 7.39. The Hall–Kier alpha value is -1.61. The summed E-state index contributed by atoms with van der Waals surface area (Å²) in [5.74, 6) is 0.750. The highest BCUT2D eigenvalue weighted by Gasteiger charge is 2.43. The van der Waals surface area contributed by atoms with Crippen LogP contribution in [-0.2, 0) is 16.2 Å². The Morgan fingerprint density at radius 2 is 0.976 bits per heavy atom. The van der Waals surface area contributed by atoms with Crippen molar-refractivity contribution in [2.24, 2.45) is 0 Å². The Morgan fingerprint density at radius 1 is 0.585 bits per heavy atom. The largest absolute Gasteiger partial charge is 0.508 e. The van der Waals surface area contributed by atoms with Gasteiger partial charge >= 0.3 is 0 Å². The van der Waals surface area contributed by atoms with Gasteiger partial charge in [-0.25, -0.2) is 0 Å². The predicted molar refractivity (Wildman–Crippen MR) is 183 cm³/mol. The van der Waals surface area contributed by atoms with Gasteiger partial charge in [0.2, 0.25) is 0 Å². The van der Waals surface area contributed by atoms with Crippen LogP contribution in [0.1, 0.15) is 166 Å². The molecule has 0 spiro atoms. The second-order valence-electron chi connectivity index (χ2n) is 14.7. The molecule has 2 aromatic carbocycles. The molecule has 2 rings (SSSR count). The van der Waals surface area contributed by atoms with Crippen molar-refractivity contribution < 1.29 is 10.2 Å². The summed E-state index contributed by atoms with van der Waals surface area (Å²) in [6.45, 7) is 21.9. The lowest BCUT2D eigenvalue weighted by Gasteiger charge is -2.44. The smallest absolute Gasteiger partial charge is 0.119 e. The van der Waals surface area contributed by atoms with Crippen molar-refractivity contribution in [2.45, 2.75) is 168 Å². The maximum Gasteiger partial charge on any atom is 0.119 e. The van der Waals surface area contributed by atoms with E-state index >= 15 is 0 Å². The standard InChI is InChI=1S/C38H62O2S/c1-11-13-14-15-16-17-18-19-20-22-38(35(41)21-12-2,29-25-31(36(5,6)7)33(39)23-27(29)3)30-26-32(37(8,9)10)34(40)24-28(30)4/h23-26,35,39-41H,11-22H2,1-10H3. The predicted octanol–water partition coefficient (Wildman–Crippen LogP) is 11.6. The fraction of sp³-hybridized carbons (Fsp3) is 0.684. The molecule has 232 valence electrons. The molecule has 41 heavy (non-hydrogen) atoms. The first-order valence-electron chi connectivity index (χ1n) is 16.5. The van der Waals surface area contributed by atoms with Crippen LogP contribution in [0, 0.1) is 13.8 Å². The average molecular weight is 583 g/mol. The maximum atomic E-state index is 11.1. The normalized spacial score (nSPS) is 13.5. The fourth-order valence-electron chi connectivity index (χ4n) is 6.72. The number of phenolic OH excluding ortho intramolecular Hbond substituents is 2. The molecule has 0 bridgehead atoms. The number of phenols is 2. The molecular weight excluding hydrogens is 520 g/mol. The summed E-state index contributed by atoms with van der Waals surface area (Å²) in [4.78, 5) is 0. The molecule has 1 unspecified atom stereocenters.